The second-order valence-corrected chi connectivity index (χ2v) is 8.28. The van der Waals surface area contributed by atoms with Gasteiger partial charge in [-0.3, -0.25) is 9.59 Å². The number of nitrogens with one attached hydrogen (secondary N) is 2. The lowest BCUT2D eigenvalue weighted by Crippen LogP contribution is -2.28. The highest BCUT2D eigenvalue weighted by Gasteiger charge is 2.13. The number of hydrogen-bond donors (Lipinski definition) is 2. The summed E-state index contributed by atoms with van der Waals surface area (Å²) in [5.74, 6) is -0.484. The number of aryl methyl sites for hydroxylation is 1. The molecule has 0 spiro atoms. The van der Waals surface area contributed by atoms with Crippen LogP contribution < -0.4 is 10.6 Å². The Balaban J connectivity index is 1.44. The molecule has 1 heterocycles. The third kappa shape index (κ3) is 6.97. The largest absolute Gasteiger partial charge is 0.352 e. The summed E-state index contributed by atoms with van der Waals surface area (Å²) in [5, 5.41) is 14.7. The second-order valence-electron chi connectivity index (χ2n) is 7.22. The minimum atomic E-state index is -0.323. The third-order valence-corrected chi connectivity index (χ3v) is 5.71. The molecule has 2 aromatic carbocycles. The number of nitrogens with zero attached hydrogens (tertiary/aromatic N) is 3. The Kier molecular flexibility index (Phi) is 8.26. The summed E-state index contributed by atoms with van der Waals surface area (Å²) in [5.41, 5.74) is 2.32. The molecule has 1 aromatic heterocycles. The molecule has 3 aromatic rings. The highest BCUT2D eigenvalue weighted by molar-refractivity contribution is 7.13. The Morgan fingerprint density at radius 1 is 1.03 bits per heavy atom. The standard InChI is InChI=1S/C23H27N5O2S/c1-3-20-26-27-23(31-20)22(30)25-19-12-7-11-18(15-19)21(29)24-13-8-14-28(2)16-17-9-5-4-6-10-17/h4-7,9-12,15H,3,8,13-14,16H2,1-2H3,(H,24,29)(H,25,30). The molecule has 7 nitrogen and oxygen atoms in total. The van der Waals surface area contributed by atoms with E-state index in [1.165, 1.54) is 16.9 Å². The average Bonchev–Trinajstić information content (AvgIpc) is 3.27. The zero-order valence-corrected chi connectivity index (χ0v) is 18.6. The van der Waals surface area contributed by atoms with Crippen LogP contribution in [0.15, 0.2) is 54.6 Å². The van der Waals surface area contributed by atoms with Gasteiger partial charge in [-0.25, -0.2) is 0 Å². The van der Waals surface area contributed by atoms with Gasteiger partial charge < -0.3 is 15.5 Å². The molecule has 2 amide bonds. The van der Waals surface area contributed by atoms with Gasteiger partial charge in [0.05, 0.1) is 0 Å². The van der Waals surface area contributed by atoms with E-state index in [9.17, 15) is 9.59 Å². The van der Waals surface area contributed by atoms with Crippen LogP contribution in [0.1, 0.15) is 44.1 Å². The van der Waals surface area contributed by atoms with E-state index in [0.29, 0.717) is 22.8 Å². The monoisotopic (exact) mass is 437 g/mol. The number of rotatable bonds is 10. The highest BCUT2D eigenvalue weighted by Crippen LogP contribution is 2.15. The van der Waals surface area contributed by atoms with Crippen molar-refractivity contribution in [3.8, 4) is 0 Å². The van der Waals surface area contributed by atoms with E-state index in [4.69, 9.17) is 0 Å². The maximum absolute atomic E-state index is 12.5. The lowest BCUT2D eigenvalue weighted by Gasteiger charge is -2.16. The number of carbonyl (C=O) groups is 2. The van der Waals surface area contributed by atoms with Gasteiger partial charge in [0.25, 0.3) is 11.8 Å². The summed E-state index contributed by atoms with van der Waals surface area (Å²) in [4.78, 5) is 27.0. The van der Waals surface area contributed by atoms with Gasteiger partial charge in [0.15, 0.2) is 0 Å². The van der Waals surface area contributed by atoms with Crippen LogP contribution in [0.4, 0.5) is 5.69 Å². The van der Waals surface area contributed by atoms with Gasteiger partial charge in [-0.1, -0.05) is 54.7 Å². The third-order valence-electron chi connectivity index (χ3n) is 4.64. The first kappa shape index (κ1) is 22.6. The molecule has 0 aliphatic heterocycles. The minimum absolute atomic E-state index is 0.161. The summed E-state index contributed by atoms with van der Waals surface area (Å²) in [7, 11) is 2.07. The molecule has 31 heavy (non-hydrogen) atoms. The number of hydrogen-bond acceptors (Lipinski definition) is 6. The Morgan fingerprint density at radius 3 is 2.58 bits per heavy atom. The average molecular weight is 438 g/mol. The number of amides is 2. The van der Waals surface area contributed by atoms with Gasteiger partial charge in [-0.05, 0) is 50.2 Å². The van der Waals surface area contributed by atoms with E-state index < -0.39 is 0 Å². The molecule has 8 heteroatoms. The van der Waals surface area contributed by atoms with Gasteiger partial charge in [0.2, 0.25) is 5.01 Å². The van der Waals surface area contributed by atoms with Gasteiger partial charge in [0.1, 0.15) is 5.01 Å². The van der Waals surface area contributed by atoms with E-state index in [2.05, 4.69) is 44.9 Å². The summed E-state index contributed by atoms with van der Waals surface area (Å²) >= 11 is 1.27. The minimum Gasteiger partial charge on any atom is -0.352 e. The van der Waals surface area contributed by atoms with Crippen LogP contribution >= 0.6 is 11.3 Å². The van der Waals surface area contributed by atoms with Gasteiger partial charge in [-0.2, -0.15) is 0 Å². The van der Waals surface area contributed by atoms with E-state index >= 15 is 0 Å². The van der Waals surface area contributed by atoms with Crippen LogP contribution in [0.3, 0.4) is 0 Å². The van der Waals surface area contributed by atoms with E-state index in [0.717, 1.165) is 30.9 Å². The SMILES string of the molecule is CCc1nnc(C(=O)Nc2cccc(C(=O)NCCCN(C)Cc3ccccc3)c2)s1. The van der Waals surface area contributed by atoms with E-state index in [-0.39, 0.29) is 11.8 Å². The van der Waals surface area contributed by atoms with Gasteiger partial charge in [0, 0.05) is 24.3 Å². The predicted octanol–water partition coefficient (Wildman–Crippen LogP) is 3.60. The Morgan fingerprint density at radius 2 is 1.84 bits per heavy atom. The normalized spacial score (nSPS) is 10.8. The summed E-state index contributed by atoms with van der Waals surface area (Å²) in [6.07, 6.45) is 1.59. The smallest absolute Gasteiger partial charge is 0.286 e. The van der Waals surface area contributed by atoms with Gasteiger partial charge in [-0.15, -0.1) is 10.2 Å². The topological polar surface area (TPSA) is 87.2 Å². The van der Waals surface area contributed by atoms with Crippen LogP contribution in [-0.4, -0.2) is 47.0 Å². The molecule has 0 fully saturated rings. The van der Waals surface area contributed by atoms with Crippen molar-refractivity contribution in [1.29, 1.82) is 0 Å². The van der Waals surface area contributed by atoms with Crippen molar-refractivity contribution in [3.05, 3.63) is 75.7 Å². The lowest BCUT2D eigenvalue weighted by atomic mass is 10.2. The molecule has 162 valence electrons. The van der Waals surface area contributed by atoms with E-state index in [1.807, 2.05) is 25.1 Å². The van der Waals surface area contributed by atoms with Crippen LogP contribution in [0.2, 0.25) is 0 Å². The van der Waals surface area contributed by atoms with Crippen LogP contribution in [0, 0.1) is 0 Å². The molecular formula is C23H27N5O2S. The number of carbonyl (C=O) groups excluding carboxylic acids is 2. The first-order valence-electron chi connectivity index (χ1n) is 10.3. The van der Waals surface area contributed by atoms with Crippen LogP contribution in [-0.2, 0) is 13.0 Å². The molecule has 0 unspecified atom stereocenters. The quantitative estimate of drug-likeness (QED) is 0.473. The second kappa shape index (κ2) is 11.3. The Bertz CT molecular complexity index is 1010. The lowest BCUT2D eigenvalue weighted by molar-refractivity contribution is 0.0950. The molecule has 0 atom stereocenters. The summed E-state index contributed by atoms with van der Waals surface area (Å²) in [6, 6.07) is 17.2. The molecule has 0 aliphatic rings. The van der Waals surface area contributed by atoms with Crippen molar-refractivity contribution in [2.24, 2.45) is 0 Å². The fourth-order valence-electron chi connectivity index (χ4n) is 3.04. The number of anilines is 1. The molecule has 0 bridgehead atoms. The molecule has 3 rings (SSSR count). The zero-order chi connectivity index (χ0) is 22.1. The van der Waals surface area contributed by atoms with Crippen LogP contribution in [0.25, 0.3) is 0 Å². The van der Waals surface area contributed by atoms with Crippen molar-refractivity contribution in [3.63, 3.8) is 0 Å². The van der Waals surface area contributed by atoms with Crippen molar-refractivity contribution >= 4 is 28.8 Å². The molecule has 0 saturated heterocycles. The fourth-order valence-corrected chi connectivity index (χ4v) is 3.71. The molecular weight excluding hydrogens is 410 g/mol. The molecule has 0 aliphatic carbocycles. The highest BCUT2D eigenvalue weighted by atomic mass is 32.1. The first-order chi connectivity index (χ1) is 15.0. The van der Waals surface area contributed by atoms with Gasteiger partial charge >= 0.3 is 0 Å². The molecule has 0 saturated carbocycles. The van der Waals surface area contributed by atoms with Crippen molar-refractivity contribution in [2.75, 3.05) is 25.5 Å². The van der Waals surface area contributed by atoms with E-state index in [1.54, 1.807) is 24.3 Å². The number of aromatic nitrogens is 2. The maximum atomic E-state index is 12.5. The van der Waals surface area contributed by atoms with Crippen LogP contribution in [0.5, 0.6) is 0 Å². The summed E-state index contributed by atoms with van der Waals surface area (Å²) < 4.78 is 0. The number of benzene rings is 2. The Labute approximate surface area is 186 Å². The zero-order valence-electron chi connectivity index (χ0n) is 17.8. The summed E-state index contributed by atoms with van der Waals surface area (Å²) in [6.45, 7) is 4.31. The first-order valence-corrected chi connectivity index (χ1v) is 11.1. The van der Waals surface area contributed by atoms with Crippen molar-refractivity contribution in [2.45, 2.75) is 26.3 Å². The maximum Gasteiger partial charge on any atom is 0.286 e. The molecule has 0 radical (unpaired) electrons. The Hall–Kier alpha value is -3.10. The molecule has 2 N–H and O–H groups in total. The van der Waals surface area contributed by atoms with Crippen molar-refractivity contribution < 1.29 is 9.59 Å². The fraction of sp³-hybridized carbons (Fsp3) is 0.304. The predicted molar refractivity (Wildman–Crippen MR) is 123 cm³/mol. The van der Waals surface area contributed by atoms with Crippen molar-refractivity contribution in [1.82, 2.24) is 20.4 Å².